The molecule has 1 aromatic heterocycles. The standard InChI is InChI=1S/C14H15N5O4/c1-22-9-3-8(4-10(5-9)23-2)17-12(20)6-11-13(21)18-14-15-7-16-19(11)14/h3-5,7,11H,6H2,1-2H3,(H,17,20)(H,15,16,18,21)/t11-/m1/s1. The van der Waals surface area contributed by atoms with Crippen molar-refractivity contribution in [1.29, 1.82) is 0 Å². The van der Waals surface area contributed by atoms with Gasteiger partial charge in [0, 0.05) is 23.9 Å². The van der Waals surface area contributed by atoms with Gasteiger partial charge in [-0.05, 0) is 0 Å². The Morgan fingerprint density at radius 3 is 2.65 bits per heavy atom. The molecule has 1 aliphatic rings. The Kier molecular flexibility index (Phi) is 3.83. The molecule has 3 rings (SSSR count). The molecule has 2 aromatic rings. The van der Waals surface area contributed by atoms with E-state index in [9.17, 15) is 9.59 Å². The van der Waals surface area contributed by atoms with E-state index in [2.05, 4.69) is 20.7 Å². The van der Waals surface area contributed by atoms with Crippen molar-refractivity contribution < 1.29 is 19.1 Å². The summed E-state index contributed by atoms with van der Waals surface area (Å²) in [5.41, 5.74) is 0.517. The molecule has 2 amide bonds. The second-order valence-corrected chi connectivity index (χ2v) is 4.89. The number of nitrogens with one attached hydrogen (secondary N) is 2. The molecular formula is C14H15N5O4. The largest absolute Gasteiger partial charge is 0.497 e. The monoisotopic (exact) mass is 317 g/mol. The number of anilines is 2. The van der Waals surface area contributed by atoms with Gasteiger partial charge < -0.3 is 14.8 Å². The third-order valence-electron chi connectivity index (χ3n) is 3.42. The maximum absolute atomic E-state index is 12.2. The van der Waals surface area contributed by atoms with Gasteiger partial charge in [-0.15, -0.1) is 0 Å². The van der Waals surface area contributed by atoms with E-state index in [0.29, 0.717) is 23.1 Å². The molecule has 0 saturated heterocycles. The summed E-state index contributed by atoms with van der Waals surface area (Å²) in [7, 11) is 3.05. The SMILES string of the molecule is COc1cc(NC(=O)C[C@@H]2C(=O)Nc3ncnn32)cc(OC)c1. The average Bonchev–Trinajstić information content (AvgIpc) is 3.09. The highest BCUT2D eigenvalue weighted by molar-refractivity contribution is 6.00. The van der Waals surface area contributed by atoms with Crippen LogP contribution in [0.5, 0.6) is 11.5 Å². The molecule has 0 unspecified atom stereocenters. The Labute approximate surface area is 131 Å². The minimum absolute atomic E-state index is 0.0539. The van der Waals surface area contributed by atoms with E-state index in [1.54, 1.807) is 18.2 Å². The third-order valence-corrected chi connectivity index (χ3v) is 3.42. The van der Waals surface area contributed by atoms with Crippen LogP contribution in [0.15, 0.2) is 24.5 Å². The van der Waals surface area contributed by atoms with Crippen LogP contribution >= 0.6 is 0 Å². The molecule has 1 atom stereocenters. The van der Waals surface area contributed by atoms with Crippen molar-refractivity contribution in [3.63, 3.8) is 0 Å². The minimum atomic E-state index is -0.708. The maximum Gasteiger partial charge on any atom is 0.252 e. The smallest absolute Gasteiger partial charge is 0.252 e. The van der Waals surface area contributed by atoms with Crippen molar-refractivity contribution in [3.05, 3.63) is 24.5 Å². The fourth-order valence-corrected chi connectivity index (χ4v) is 2.32. The highest BCUT2D eigenvalue weighted by Crippen LogP contribution is 2.27. The predicted molar refractivity (Wildman–Crippen MR) is 80.5 cm³/mol. The molecule has 1 aromatic carbocycles. The number of carbonyl (C=O) groups is 2. The lowest BCUT2D eigenvalue weighted by Crippen LogP contribution is -2.23. The van der Waals surface area contributed by atoms with E-state index < -0.39 is 6.04 Å². The molecule has 0 spiro atoms. The summed E-state index contributed by atoms with van der Waals surface area (Å²) in [6, 6.07) is 4.31. The Morgan fingerprint density at radius 1 is 1.30 bits per heavy atom. The fourth-order valence-electron chi connectivity index (χ4n) is 2.32. The number of nitrogens with zero attached hydrogens (tertiary/aromatic N) is 3. The predicted octanol–water partition coefficient (Wildman–Crippen LogP) is 0.817. The van der Waals surface area contributed by atoms with Crippen LogP contribution < -0.4 is 20.1 Å². The van der Waals surface area contributed by atoms with Crippen molar-refractivity contribution in [1.82, 2.24) is 14.8 Å². The zero-order chi connectivity index (χ0) is 16.4. The molecule has 120 valence electrons. The molecule has 23 heavy (non-hydrogen) atoms. The van der Waals surface area contributed by atoms with Crippen LogP contribution in [0.3, 0.4) is 0 Å². The van der Waals surface area contributed by atoms with Gasteiger partial charge in [0.15, 0.2) is 0 Å². The number of hydrogen-bond donors (Lipinski definition) is 2. The van der Waals surface area contributed by atoms with Crippen LogP contribution in [0.1, 0.15) is 12.5 Å². The van der Waals surface area contributed by atoms with Gasteiger partial charge in [-0.25, -0.2) is 4.68 Å². The number of amides is 2. The highest BCUT2D eigenvalue weighted by Gasteiger charge is 2.33. The van der Waals surface area contributed by atoms with Crippen molar-refractivity contribution >= 4 is 23.5 Å². The minimum Gasteiger partial charge on any atom is -0.497 e. The van der Waals surface area contributed by atoms with Gasteiger partial charge in [0.25, 0.3) is 5.91 Å². The van der Waals surface area contributed by atoms with Crippen molar-refractivity contribution in [3.8, 4) is 11.5 Å². The Hall–Kier alpha value is -3.10. The first kappa shape index (κ1) is 14.8. The maximum atomic E-state index is 12.2. The second kappa shape index (κ2) is 5.95. The number of methoxy groups -OCH3 is 2. The van der Waals surface area contributed by atoms with E-state index in [4.69, 9.17) is 9.47 Å². The molecule has 9 heteroatoms. The molecule has 2 N–H and O–H groups in total. The van der Waals surface area contributed by atoms with Crippen molar-refractivity contribution in [2.45, 2.75) is 12.5 Å². The summed E-state index contributed by atoms with van der Waals surface area (Å²) in [4.78, 5) is 27.9. The van der Waals surface area contributed by atoms with Gasteiger partial charge in [-0.3, -0.25) is 14.9 Å². The summed E-state index contributed by atoms with van der Waals surface area (Å²) in [5, 5.41) is 9.23. The van der Waals surface area contributed by atoms with Crippen LogP contribution in [-0.2, 0) is 9.59 Å². The van der Waals surface area contributed by atoms with Crippen molar-refractivity contribution in [2.75, 3.05) is 24.9 Å². The quantitative estimate of drug-likeness (QED) is 0.845. The number of aromatic nitrogens is 3. The summed E-state index contributed by atoms with van der Waals surface area (Å²) >= 11 is 0. The second-order valence-electron chi connectivity index (χ2n) is 4.89. The zero-order valence-corrected chi connectivity index (χ0v) is 12.6. The molecule has 0 radical (unpaired) electrons. The Morgan fingerprint density at radius 2 is 2.00 bits per heavy atom. The first-order chi connectivity index (χ1) is 11.1. The van der Waals surface area contributed by atoms with Gasteiger partial charge in [-0.2, -0.15) is 10.1 Å². The molecule has 0 aliphatic carbocycles. The van der Waals surface area contributed by atoms with Crippen LogP contribution in [0, 0.1) is 0 Å². The number of fused-ring (bicyclic) bond motifs is 1. The number of ether oxygens (including phenoxy) is 2. The van der Waals surface area contributed by atoms with Gasteiger partial charge in [0.2, 0.25) is 11.9 Å². The number of benzene rings is 1. The van der Waals surface area contributed by atoms with Crippen molar-refractivity contribution in [2.24, 2.45) is 0 Å². The van der Waals surface area contributed by atoms with E-state index in [0.717, 1.165) is 0 Å². The molecule has 0 bridgehead atoms. The van der Waals surface area contributed by atoms with Gasteiger partial charge in [0.1, 0.15) is 23.9 Å². The lowest BCUT2D eigenvalue weighted by Gasteiger charge is -2.11. The lowest BCUT2D eigenvalue weighted by molar-refractivity contribution is -0.123. The van der Waals surface area contributed by atoms with Crippen LogP contribution in [0.2, 0.25) is 0 Å². The van der Waals surface area contributed by atoms with Gasteiger partial charge in [0.05, 0.1) is 20.6 Å². The van der Waals surface area contributed by atoms with Crippen LogP contribution in [-0.4, -0.2) is 40.8 Å². The molecule has 1 aliphatic heterocycles. The number of hydrogen-bond acceptors (Lipinski definition) is 6. The summed E-state index contributed by atoms with van der Waals surface area (Å²) in [6.07, 6.45) is 1.27. The van der Waals surface area contributed by atoms with Gasteiger partial charge >= 0.3 is 0 Å². The highest BCUT2D eigenvalue weighted by atomic mass is 16.5. The Bertz CT molecular complexity index is 735. The van der Waals surface area contributed by atoms with Crippen LogP contribution in [0.25, 0.3) is 0 Å². The summed E-state index contributed by atoms with van der Waals surface area (Å²) < 4.78 is 11.7. The van der Waals surface area contributed by atoms with Gasteiger partial charge in [-0.1, -0.05) is 0 Å². The van der Waals surface area contributed by atoms with E-state index >= 15 is 0 Å². The molecule has 9 nitrogen and oxygen atoms in total. The number of carbonyl (C=O) groups excluding carboxylic acids is 2. The molecule has 0 saturated carbocycles. The molecular weight excluding hydrogens is 302 g/mol. The summed E-state index contributed by atoms with van der Waals surface area (Å²) in [5.74, 6) is 0.812. The average molecular weight is 317 g/mol. The zero-order valence-electron chi connectivity index (χ0n) is 12.6. The lowest BCUT2D eigenvalue weighted by atomic mass is 10.2. The Balaban J connectivity index is 1.72. The van der Waals surface area contributed by atoms with E-state index in [1.807, 2.05) is 0 Å². The molecule has 2 heterocycles. The summed E-state index contributed by atoms with van der Waals surface area (Å²) in [6.45, 7) is 0. The normalized spacial score (nSPS) is 15.7. The van der Waals surface area contributed by atoms with E-state index in [1.165, 1.54) is 25.2 Å². The third kappa shape index (κ3) is 2.93. The first-order valence-electron chi connectivity index (χ1n) is 6.84. The fraction of sp³-hybridized carbons (Fsp3) is 0.286. The molecule has 0 fully saturated rings. The number of rotatable bonds is 5. The first-order valence-corrected chi connectivity index (χ1v) is 6.84. The topological polar surface area (TPSA) is 107 Å². The van der Waals surface area contributed by atoms with Crippen LogP contribution in [0.4, 0.5) is 11.6 Å². The van der Waals surface area contributed by atoms with E-state index in [-0.39, 0.29) is 18.2 Å².